The van der Waals surface area contributed by atoms with Gasteiger partial charge in [-0.05, 0) is 25.0 Å². The van der Waals surface area contributed by atoms with Gasteiger partial charge in [0.05, 0.1) is 16.7 Å². The average Bonchev–Trinajstić information content (AvgIpc) is 2.93. The van der Waals surface area contributed by atoms with Gasteiger partial charge in [0.2, 0.25) is 0 Å². The number of nitrogens with zero attached hydrogens (tertiary/aromatic N) is 1. The fraction of sp³-hybridized carbons (Fsp3) is 0.300. The Kier molecular flexibility index (Phi) is 2.66. The van der Waals surface area contributed by atoms with Crippen LogP contribution in [0.3, 0.4) is 0 Å². The van der Waals surface area contributed by atoms with Crippen LogP contribution in [0.15, 0.2) is 16.6 Å². The molecule has 1 aromatic rings. The van der Waals surface area contributed by atoms with Gasteiger partial charge in [-0.25, -0.2) is 0 Å². The summed E-state index contributed by atoms with van der Waals surface area (Å²) in [5.41, 5.74) is 0.483. The van der Waals surface area contributed by atoms with Crippen LogP contribution in [0.1, 0.15) is 18.4 Å². The minimum atomic E-state index is 0.251. The zero-order valence-corrected chi connectivity index (χ0v) is 9.60. The molecule has 0 amide bonds. The molecule has 0 N–H and O–H groups in total. The van der Waals surface area contributed by atoms with E-state index in [9.17, 15) is 0 Å². The number of ether oxygens (including phenoxy) is 1. The first-order valence-electron chi connectivity index (χ1n) is 4.26. The number of halogens is 2. The average molecular weight is 273 g/mol. The maximum Gasteiger partial charge on any atom is 0.156 e. The molecule has 0 radical (unpaired) electrons. The lowest BCUT2D eigenvalue weighted by Gasteiger charge is -2.08. The second kappa shape index (κ2) is 3.80. The van der Waals surface area contributed by atoms with Gasteiger partial charge in [0, 0.05) is 4.47 Å². The Morgan fingerprint density at radius 2 is 2.21 bits per heavy atom. The van der Waals surface area contributed by atoms with Crippen molar-refractivity contribution in [3.8, 4) is 11.8 Å². The van der Waals surface area contributed by atoms with E-state index in [4.69, 9.17) is 21.6 Å². The van der Waals surface area contributed by atoms with Crippen molar-refractivity contribution in [1.82, 2.24) is 0 Å². The Morgan fingerprint density at radius 3 is 2.79 bits per heavy atom. The third-order valence-electron chi connectivity index (χ3n) is 1.94. The molecular formula is C10H7BrClNO. The van der Waals surface area contributed by atoms with Gasteiger partial charge in [-0.3, -0.25) is 0 Å². The molecule has 0 aliphatic heterocycles. The Hall–Kier alpha value is -0.720. The van der Waals surface area contributed by atoms with Gasteiger partial charge in [-0.1, -0.05) is 27.5 Å². The van der Waals surface area contributed by atoms with Crippen molar-refractivity contribution in [1.29, 1.82) is 5.26 Å². The molecule has 2 rings (SSSR count). The molecule has 0 atom stereocenters. The van der Waals surface area contributed by atoms with E-state index in [1.807, 2.05) is 0 Å². The summed E-state index contributed by atoms with van der Waals surface area (Å²) in [6, 6.07) is 5.52. The summed E-state index contributed by atoms with van der Waals surface area (Å²) in [5.74, 6) is 0.514. The van der Waals surface area contributed by atoms with Crippen LogP contribution in [0.2, 0.25) is 5.02 Å². The molecule has 14 heavy (non-hydrogen) atoms. The third-order valence-corrected chi connectivity index (χ3v) is 2.68. The second-order valence-electron chi connectivity index (χ2n) is 3.19. The van der Waals surface area contributed by atoms with Crippen LogP contribution in [0, 0.1) is 11.3 Å². The minimum absolute atomic E-state index is 0.251. The molecule has 0 bridgehead atoms. The van der Waals surface area contributed by atoms with Crippen LogP contribution >= 0.6 is 27.5 Å². The monoisotopic (exact) mass is 271 g/mol. The van der Waals surface area contributed by atoms with Gasteiger partial charge in [0.25, 0.3) is 0 Å². The van der Waals surface area contributed by atoms with E-state index in [1.54, 1.807) is 12.1 Å². The van der Waals surface area contributed by atoms with Gasteiger partial charge >= 0.3 is 0 Å². The molecule has 0 saturated heterocycles. The van der Waals surface area contributed by atoms with Crippen molar-refractivity contribution in [3.63, 3.8) is 0 Å². The van der Waals surface area contributed by atoms with Crippen LogP contribution in [-0.2, 0) is 0 Å². The van der Waals surface area contributed by atoms with E-state index in [0.717, 1.165) is 17.3 Å². The smallest absolute Gasteiger partial charge is 0.156 e. The van der Waals surface area contributed by atoms with E-state index < -0.39 is 0 Å². The van der Waals surface area contributed by atoms with Crippen LogP contribution in [0.25, 0.3) is 0 Å². The van der Waals surface area contributed by atoms with Gasteiger partial charge in [0.1, 0.15) is 6.07 Å². The zero-order chi connectivity index (χ0) is 10.1. The van der Waals surface area contributed by atoms with Crippen molar-refractivity contribution in [2.45, 2.75) is 18.9 Å². The molecule has 72 valence electrons. The van der Waals surface area contributed by atoms with Crippen molar-refractivity contribution in [2.75, 3.05) is 0 Å². The van der Waals surface area contributed by atoms with Gasteiger partial charge in [-0.15, -0.1) is 0 Å². The standard InChI is InChI=1S/C10H7BrClNO/c11-7-3-6(5-13)10(9(12)4-7)14-8-1-2-8/h3-4,8H,1-2H2. The normalized spacial score (nSPS) is 14.9. The molecule has 4 heteroatoms. The molecule has 0 aromatic heterocycles. The molecule has 1 aliphatic carbocycles. The molecule has 1 fully saturated rings. The Morgan fingerprint density at radius 1 is 1.50 bits per heavy atom. The van der Waals surface area contributed by atoms with Crippen LogP contribution in [0.5, 0.6) is 5.75 Å². The summed E-state index contributed by atoms with van der Waals surface area (Å²) in [6.45, 7) is 0. The summed E-state index contributed by atoms with van der Waals surface area (Å²) >= 11 is 9.26. The maximum absolute atomic E-state index is 8.89. The molecule has 0 unspecified atom stereocenters. The highest BCUT2D eigenvalue weighted by molar-refractivity contribution is 9.10. The molecule has 2 nitrogen and oxygen atoms in total. The quantitative estimate of drug-likeness (QED) is 0.825. The molecule has 1 aliphatic rings. The summed E-state index contributed by atoms with van der Waals surface area (Å²) in [7, 11) is 0. The van der Waals surface area contributed by atoms with E-state index in [2.05, 4.69) is 22.0 Å². The summed E-state index contributed by atoms with van der Waals surface area (Å²) in [6.07, 6.45) is 2.36. The number of nitriles is 1. The zero-order valence-electron chi connectivity index (χ0n) is 7.26. The maximum atomic E-state index is 8.89. The highest BCUT2D eigenvalue weighted by Crippen LogP contribution is 2.36. The molecule has 1 aromatic carbocycles. The minimum Gasteiger partial charge on any atom is -0.487 e. The first kappa shape index (κ1) is 9.82. The number of rotatable bonds is 2. The third kappa shape index (κ3) is 2.02. The largest absolute Gasteiger partial charge is 0.487 e. The molecule has 1 saturated carbocycles. The lowest BCUT2D eigenvalue weighted by atomic mass is 10.2. The predicted molar refractivity (Wildman–Crippen MR) is 57.5 cm³/mol. The first-order valence-corrected chi connectivity index (χ1v) is 5.43. The van der Waals surface area contributed by atoms with Crippen LogP contribution in [0.4, 0.5) is 0 Å². The van der Waals surface area contributed by atoms with Gasteiger partial charge in [-0.2, -0.15) is 5.26 Å². The van der Waals surface area contributed by atoms with Crippen molar-refractivity contribution >= 4 is 27.5 Å². The predicted octanol–water partition coefficient (Wildman–Crippen LogP) is 3.52. The fourth-order valence-corrected chi connectivity index (χ4v) is 1.97. The van der Waals surface area contributed by atoms with Crippen molar-refractivity contribution < 1.29 is 4.74 Å². The SMILES string of the molecule is N#Cc1cc(Br)cc(Cl)c1OC1CC1. The highest BCUT2D eigenvalue weighted by Gasteiger charge is 2.25. The molecule has 0 spiro atoms. The Bertz CT molecular complexity index is 409. The Labute approximate surface area is 95.6 Å². The van der Waals surface area contributed by atoms with E-state index in [1.165, 1.54) is 0 Å². The summed E-state index contributed by atoms with van der Waals surface area (Å²) < 4.78 is 6.35. The van der Waals surface area contributed by atoms with Gasteiger partial charge < -0.3 is 4.74 Å². The van der Waals surface area contributed by atoms with E-state index in [-0.39, 0.29) is 6.10 Å². The topological polar surface area (TPSA) is 33.0 Å². The van der Waals surface area contributed by atoms with Crippen LogP contribution < -0.4 is 4.74 Å². The second-order valence-corrected chi connectivity index (χ2v) is 4.52. The summed E-state index contributed by atoms with van der Waals surface area (Å²) in [4.78, 5) is 0. The number of hydrogen-bond acceptors (Lipinski definition) is 2. The number of benzene rings is 1. The highest BCUT2D eigenvalue weighted by atomic mass is 79.9. The summed E-state index contributed by atoms with van der Waals surface area (Å²) in [5, 5.41) is 9.38. The van der Waals surface area contributed by atoms with E-state index >= 15 is 0 Å². The van der Waals surface area contributed by atoms with Crippen LogP contribution in [-0.4, -0.2) is 6.10 Å². The lowest BCUT2D eigenvalue weighted by Crippen LogP contribution is -1.99. The Balaban J connectivity index is 2.39. The van der Waals surface area contributed by atoms with E-state index in [0.29, 0.717) is 16.3 Å². The fourth-order valence-electron chi connectivity index (χ4n) is 1.12. The van der Waals surface area contributed by atoms with Crippen molar-refractivity contribution in [2.24, 2.45) is 0 Å². The first-order chi connectivity index (χ1) is 6.70. The number of hydrogen-bond donors (Lipinski definition) is 0. The van der Waals surface area contributed by atoms with Crippen molar-refractivity contribution in [3.05, 3.63) is 27.2 Å². The lowest BCUT2D eigenvalue weighted by molar-refractivity contribution is 0.302. The molecular weight excluding hydrogens is 265 g/mol. The molecule has 0 heterocycles. The van der Waals surface area contributed by atoms with Gasteiger partial charge in [0.15, 0.2) is 5.75 Å².